The highest BCUT2D eigenvalue weighted by Crippen LogP contribution is 2.24. The summed E-state index contributed by atoms with van der Waals surface area (Å²) in [6, 6.07) is 7.22. The second-order valence-electron chi connectivity index (χ2n) is 2.99. The quantitative estimate of drug-likeness (QED) is 0.491. The average Bonchev–Trinajstić information content (AvgIpc) is 2.62. The number of aromatic nitrogens is 1. The van der Waals surface area contributed by atoms with Crippen LogP contribution in [0.3, 0.4) is 0 Å². The molecule has 1 aromatic carbocycles. The molecular weight excluding hydrogens is 198 g/mol. The van der Waals surface area contributed by atoms with Gasteiger partial charge in [0.2, 0.25) is 0 Å². The normalized spacial score (nSPS) is 10.9. The minimum atomic E-state index is -2.11. The summed E-state index contributed by atoms with van der Waals surface area (Å²) in [5, 5.41) is 17.8. The van der Waals surface area contributed by atoms with Crippen LogP contribution in [-0.4, -0.2) is 27.5 Å². The number of hydrogen-bond donors (Lipinski definition) is 3. The molecule has 0 saturated carbocycles. The maximum absolute atomic E-state index is 10.9. The van der Waals surface area contributed by atoms with Crippen molar-refractivity contribution in [3.05, 3.63) is 30.5 Å². The molecule has 2 aromatic rings. The number of hydrogen-bond acceptors (Lipinski definition) is 4. The summed E-state index contributed by atoms with van der Waals surface area (Å²) < 4.78 is 4.76. The molecule has 0 spiro atoms. The molecule has 0 aliphatic rings. The Morgan fingerprint density at radius 2 is 2.07 bits per heavy atom. The molecule has 0 radical (unpaired) electrons. The number of H-pyrrole nitrogens is 1. The van der Waals surface area contributed by atoms with Crippen molar-refractivity contribution in [1.82, 2.24) is 4.98 Å². The fraction of sp³-hybridized carbons (Fsp3) is 0.100. The summed E-state index contributed by atoms with van der Waals surface area (Å²) in [6.07, 6.45) is -0.621. The van der Waals surface area contributed by atoms with E-state index in [-0.39, 0.29) is 5.75 Å². The molecule has 0 aliphatic heterocycles. The van der Waals surface area contributed by atoms with Gasteiger partial charge in [-0.2, -0.15) is 0 Å². The van der Waals surface area contributed by atoms with Crippen molar-refractivity contribution >= 4 is 16.9 Å². The number of esters is 1. The van der Waals surface area contributed by atoms with Gasteiger partial charge in [-0.25, -0.2) is 4.79 Å². The van der Waals surface area contributed by atoms with Crippen molar-refractivity contribution in [1.29, 1.82) is 0 Å². The number of aliphatic hydroxyl groups excluding tert-OH is 1. The number of nitrogens with one attached hydrogen (secondary N) is 1. The number of aliphatic hydroxyl groups is 2. The molecule has 15 heavy (non-hydrogen) atoms. The Labute approximate surface area is 84.9 Å². The predicted octanol–water partition coefficient (Wildman–Crippen LogP) is 0.384. The first-order valence-corrected chi connectivity index (χ1v) is 4.32. The number of fused-ring (bicyclic) bond motifs is 1. The van der Waals surface area contributed by atoms with E-state index < -0.39 is 12.3 Å². The Morgan fingerprint density at radius 1 is 1.33 bits per heavy atom. The zero-order chi connectivity index (χ0) is 10.8. The van der Waals surface area contributed by atoms with Crippen molar-refractivity contribution in [2.24, 2.45) is 0 Å². The zero-order valence-electron chi connectivity index (χ0n) is 7.68. The second kappa shape index (κ2) is 3.72. The van der Waals surface area contributed by atoms with Crippen LogP contribution < -0.4 is 4.74 Å². The smallest absolute Gasteiger partial charge is 0.368 e. The summed E-state index contributed by atoms with van der Waals surface area (Å²) in [6.45, 7) is 0. The standard InChI is InChI=1S/C10H9NO4/c12-9(13)10(14)15-8-5-11-7-4-2-1-3-6(7)8/h1-5,9,11-13H. The fourth-order valence-corrected chi connectivity index (χ4v) is 1.29. The number of para-hydroxylation sites is 1. The minimum Gasteiger partial charge on any atom is -0.420 e. The van der Waals surface area contributed by atoms with Gasteiger partial charge in [0.15, 0.2) is 5.75 Å². The lowest BCUT2D eigenvalue weighted by Crippen LogP contribution is -2.24. The first kappa shape index (κ1) is 9.70. The predicted molar refractivity (Wildman–Crippen MR) is 52.2 cm³/mol. The summed E-state index contributed by atoms with van der Waals surface area (Å²) in [5.41, 5.74) is 0.813. The molecule has 0 amide bonds. The van der Waals surface area contributed by atoms with E-state index in [1.54, 1.807) is 12.1 Å². The van der Waals surface area contributed by atoms with Crippen LogP contribution in [0.25, 0.3) is 10.9 Å². The van der Waals surface area contributed by atoms with Gasteiger partial charge < -0.3 is 19.9 Å². The Kier molecular flexibility index (Phi) is 2.40. The number of aromatic amines is 1. The molecule has 0 fully saturated rings. The molecule has 2 rings (SSSR count). The van der Waals surface area contributed by atoms with Crippen LogP contribution in [0.15, 0.2) is 30.5 Å². The maximum atomic E-state index is 10.9. The first-order valence-electron chi connectivity index (χ1n) is 4.32. The van der Waals surface area contributed by atoms with Gasteiger partial charge in [0.05, 0.1) is 0 Å². The molecule has 0 bridgehead atoms. The second-order valence-corrected chi connectivity index (χ2v) is 2.99. The van der Waals surface area contributed by atoms with E-state index in [1.165, 1.54) is 6.20 Å². The van der Waals surface area contributed by atoms with Crippen LogP contribution in [-0.2, 0) is 4.79 Å². The van der Waals surface area contributed by atoms with Gasteiger partial charge in [-0.3, -0.25) is 0 Å². The minimum absolute atomic E-state index is 0.281. The Morgan fingerprint density at radius 3 is 2.80 bits per heavy atom. The van der Waals surface area contributed by atoms with Crippen molar-refractivity contribution in [2.75, 3.05) is 0 Å². The van der Waals surface area contributed by atoms with Gasteiger partial charge >= 0.3 is 5.97 Å². The lowest BCUT2D eigenvalue weighted by molar-refractivity contribution is -0.162. The van der Waals surface area contributed by atoms with Crippen LogP contribution >= 0.6 is 0 Å². The van der Waals surface area contributed by atoms with Gasteiger partial charge in [0.1, 0.15) is 0 Å². The average molecular weight is 207 g/mol. The number of carbonyl (C=O) groups is 1. The molecule has 78 valence electrons. The maximum Gasteiger partial charge on any atom is 0.368 e. The lowest BCUT2D eigenvalue weighted by atomic mass is 10.2. The molecule has 5 heteroatoms. The van der Waals surface area contributed by atoms with E-state index >= 15 is 0 Å². The number of rotatable bonds is 2. The monoisotopic (exact) mass is 207 g/mol. The van der Waals surface area contributed by atoms with E-state index in [9.17, 15) is 4.79 Å². The SMILES string of the molecule is O=C(Oc1c[nH]c2ccccc12)C(O)O. The largest absolute Gasteiger partial charge is 0.420 e. The Balaban J connectivity index is 2.33. The van der Waals surface area contributed by atoms with Gasteiger partial charge in [-0.05, 0) is 12.1 Å². The lowest BCUT2D eigenvalue weighted by Gasteiger charge is -2.03. The molecule has 3 N–H and O–H groups in total. The Bertz CT molecular complexity index is 489. The summed E-state index contributed by atoms with van der Waals surface area (Å²) >= 11 is 0. The van der Waals surface area contributed by atoms with Crippen LogP contribution in [0.1, 0.15) is 0 Å². The third kappa shape index (κ3) is 1.83. The molecule has 1 aromatic heterocycles. The third-order valence-corrected chi connectivity index (χ3v) is 1.97. The zero-order valence-corrected chi connectivity index (χ0v) is 7.68. The van der Waals surface area contributed by atoms with Crippen LogP contribution in [0.5, 0.6) is 5.75 Å². The molecule has 0 aliphatic carbocycles. The molecule has 1 heterocycles. The van der Waals surface area contributed by atoms with Crippen LogP contribution in [0.2, 0.25) is 0 Å². The number of benzene rings is 1. The summed E-state index contributed by atoms with van der Waals surface area (Å²) in [7, 11) is 0. The van der Waals surface area contributed by atoms with Crippen molar-refractivity contribution in [3.8, 4) is 5.75 Å². The van der Waals surface area contributed by atoms with Crippen molar-refractivity contribution in [3.63, 3.8) is 0 Å². The van der Waals surface area contributed by atoms with Gasteiger partial charge in [0, 0.05) is 17.1 Å². The highest BCUT2D eigenvalue weighted by atomic mass is 16.6. The van der Waals surface area contributed by atoms with E-state index in [4.69, 9.17) is 14.9 Å². The summed E-state index contributed by atoms with van der Waals surface area (Å²) in [4.78, 5) is 13.8. The van der Waals surface area contributed by atoms with E-state index in [1.807, 2.05) is 12.1 Å². The number of ether oxygens (including phenoxy) is 1. The van der Waals surface area contributed by atoms with Gasteiger partial charge in [0.25, 0.3) is 6.29 Å². The summed E-state index contributed by atoms with van der Waals surface area (Å²) in [5.74, 6) is -0.816. The van der Waals surface area contributed by atoms with Crippen molar-refractivity contribution in [2.45, 2.75) is 6.29 Å². The van der Waals surface area contributed by atoms with E-state index in [2.05, 4.69) is 4.98 Å². The molecular formula is C10H9NO4. The molecule has 0 atom stereocenters. The van der Waals surface area contributed by atoms with E-state index in [0.29, 0.717) is 5.39 Å². The molecule has 5 nitrogen and oxygen atoms in total. The van der Waals surface area contributed by atoms with Gasteiger partial charge in [-0.1, -0.05) is 12.1 Å². The highest BCUT2D eigenvalue weighted by Gasteiger charge is 2.15. The fourth-order valence-electron chi connectivity index (χ4n) is 1.29. The van der Waals surface area contributed by atoms with E-state index in [0.717, 1.165) is 5.52 Å². The molecule has 0 unspecified atom stereocenters. The first-order chi connectivity index (χ1) is 7.18. The number of carbonyl (C=O) groups excluding carboxylic acids is 1. The highest BCUT2D eigenvalue weighted by molar-refractivity contribution is 5.89. The molecule has 0 saturated heterocycles. The van der Waals surface area contributed by atoms with Crippen LogP contribution in [0.4, 0.5) is 0 Å². The topological polar surface area (TPSA) is 82.6 Å². The van der Waals surface area contributed by atoms with Crippen molar-refractivity contribution < 1.29 is 19.7 Å². The Hall–Kier alpha value is -1.85. The third-order valence-electron chi connectivity index (χ3n) is 1.97. The van der Waals surface area contributed by atoms with Crippen LogP contribution in [0, 0.1) is 0 Å². The van der Waals surface area contributed by atoms with Gasteiger partial charge in [-0.15, -0.1) is 0 Å².